The Morgan fingerprint density at radius 1 is 1.25 bits per heavy atom. The first kappa shape index (κ1) is 16.4. The molecule has 0 atom stereocenters. The summed E-state index contributed by atoms with van der Waals surface area (Å²) in [6.07, 6.45) is 4.95. The average molecular weight is 392 g/mol. The number of rotatable bonds is 5. The molecular weight excluding hydrogens is 377 g/mol. The Hall–Kier alpha value is -2.48. The van der Waals surface area contributed by atoms with Crippen molar-refractivity contribution in [2.24, 2.45) is 0 Å². The minimum Gasteiger partial charge on any atom is -0.304 e. The van der Waals surface area contributed by atoms with Crippen LogP contribution in [-0.2, 0) is 13.1 Å². The summed E-state index contributed by atoms with van der Waals surface area (Å²) in [5.74, 6) is -0.130. The molecule has 0 bridgehead atoms. The van der Waals surface area contributed by atoms with E-state index in [4.69, 9.17) is 0 Å². The van der Waals surface area contributed by atoms with Gasteiger partial charge in [-0.2, -0.15) is 10.2 Å². The van der Waals surface area contributed by atoms with Gasteiger partial charge in [0, 0.05) is 18.9 Å². The number of hydrogen-bond acceptors (Lipinski definition) is 3. The van der Waals surface area contributed by atoms with Gasteiger partial charge in [-0.05, 0) is 40.5 Å². The normalized spacial score (nSPS) is 10.8. The van der Waals surface area contributed by atoms with E-state index in [9.17, 15) is 9.18 Å². The van der Waals surface area contributed by atoms with Crippen LogP contribution in [0.15, 0.2) is 47.3 Å². The van der Waals surface area contributed by atoms with Crippen molar-refractivity contribution >= 4 is 27.7 Å². The second kappa shape index (κ2) is 6.96. The van der Waals surface area contributed by atoms with Gasteiger partial charge in [0.2, 0.25) is 0 Å². The Labute approximate surface area is 146 Å². The number of nitrogens with zero attached hydrogens (tertiary/aromatic N) is 4. The first-order valence-corrected chi connectivity index (χ1v) is 8.15. The fourth-order valence-electron chi connectivity index (χ4n) is 2.17. The molecule has 0 saturated heterocycles. The van der Waals surface area contributed by atoms with Crippen LogP contribution in [0.4, 0.5) is 10.2 Å². The Bertz CT molecular complexity index is 856. The second-order valence-corrected chi connectivity index (χ2v) is 6.04. The van der Waals surface area contributed by atoms with E-state index in [2.05, 4.69) is 31.4 Å². The molecule has 124 valence electrons. The Kier molecular flexibility index (Phi) is 4.75. The number of benzene rings is 1. The van der Waals surface area contributed by atoms with Crippen LogP contribution in [0.3, 0.4) is 0 Å². The van der Waals surface area contributed by atoms with Gasteiger partial charge in [0.15, 0.2) is 5.82 Å². The largest absolute Gasteiger partial charge is 0.304 e. The summed E-state index contributed by atoms with van der Waals surface area (Å²) in [6.45, 7) is 3.12. The zero-order valence-electron chi connectivity index (χ0n) is 12.9. The molecule has 0 saturated carbocycles. The van der Waals surface area contributed by atoms with Crippen LogP contribution in [0.1, 0.15) is 22.8 Å². The third kappa shape index (κ3) is 3.70. The maximum absolute atomic E-state index is 12.9. The third-order valence-corrected chi connectivity index (χ3v) is 4.01. The molecule has 0 aliphatic heterocycles. The number of amides is 1. The van der Waals surface area contributed by atoms with E-state index < -0.39 is 0 Å². The molecule has 0 aliphatic carbocycles. The summed E-state index contributed by atoms with van der Waals surface area (Å²) >= 11 is 3.38. The van der Waals surface area contributed by atoms with Crippen molar-refractivity contribution in [3.8, 4) is 0 Å². The van der Waals surface area contributed by atoms with Crippen LogP contribution in [0.5, 0.6) is 0 Å². The SMILES string of the molecule is CCn1cc(C(=O)Nc2nn(Cc3ccc(F)cc3)cc2Br)cn1. The topological polar surface area (TPSA) is 64.7 Å². The lowest BCUT2D eigenvalue weighted by Gasteiger charge is -2.02. The first-order valence-electron chi connectivity index (χ1n) is 7.36. The minimum absolute atomic E-state index is 0.276. The quantitative estimate of drug-likeness (QED) is 0.725. The van der Waals surface area contributed by atoms with Crippen molar-refractivity contribution in [1.29, 1.82) is 0 Å². The lowest BCUT2D eigenvalue weighted by Crippen LogP contribution is -2.12. The lowest BCUT2D eigenvalue weighted by atomic mass is 10.2. The van der Waals surface area contributed by atoms with Gasteiger partial charge in [-0.25, -0.2) is 4.39 Å². The van der Waals surface area contributed by atoms with E-state index in [-0.39, 0.29) is 11.7 Å². The molecule has 3 aromatic rings. The molecule has 0 aliphatic rings. The van der Waals surface area contributed by atoms with Crippen LogP contribution in [0, 0.1) is 5.82 Å². The average Bonchev–Trinajstić information content (AvgIpc) is 3.17. The van der Waals surface area contributed by atoms with E-state index in [0.717, 1.165) is 5.56 Å². The standard InChI is InChI=1S/C16H15BrFN5O/c1-2-22-9-12(7-19-22)16(24)20-15-14(17)10-23(21-15)8-11-3-5-13(18)6-4-11/h3-7,9-10H,2,8H2,1H3,(H,20,21,24). The van der Waals surface area contributed by atoms with E-state index >= 15 is 0 Å². The maximum atomic E-state index is 12.9. The molecule has 0 radical (unpaired) electrons. The van der Waals surface area contributed by atoms with E-state index in [0.29, 0.717) is 28.9 Å². The van der Waals surface area contributed by atoms with E-state index in [1.54, 1.807) is 33.9 Å². The molecule has 1 aromatic carbocycles. The van der Waals surface area contributed by atoms with Crippen LogP contribution < -0.4 is 5.32 Å². The second-order valence-electron chi connectivity index (χ2n) is 5.19. The molecule has 6 nitrogen and oxygen atoms in total. The predicted molar refractivity (Wildman–Crippen MR) is 91.3 cm³/mol. The number of nitrogens with one attached hydrogen (secondary N) is 1. The number of carbonyl (C=O) groups is 1. The van der Waals surface area contributed by atoms with Gasteiger partial charge in [0.1, 0.15) is 5.82 Å². The van der Waals surface area contributed by atoms with Gasteiger partial charge in [0.05, 0.1) is 22.8 Å². The fraction of sp³-hybridized carbons (Fsp3) is 0.188. The summed E-state index contributed by atoms with van der Waals surface area (Å²) < 4.78 is 17.0. The molecule has 1 N–H and O–H groups in total. The molecule has 1 amide bonds. The Balaban J connectivity index is 1.71. The molecule has 0 fully saturated rings. The third-order valence-electron chi connectivity index (χ3n) is 3.43. The Morgan fingerprint density at radius 3 is 2.67 bits per heavy atom. The van der Waals surface area contributed by atoms with Gasteiger partial charge in [-0.3, -0.25) is 14.2 Å². The number of anilines is 1. The molecule has 3 rings (SSSR count). The number of aromatic nitrogens is 4. The van der Waals surface area contributed by atoms with Gasteiger partial charge < -0.3 is 5.32 Å². The molecular formula is C16H15BrFN5O. The summed E-state index contributed by atoms with van der Waals surface area (Å²) in [5, 5.41) is 11.2. The van der Waals surface area contributed by atoms with Crippen molar-refractivity contribution in [3.05, 3.63) is 64.3 Å². The van der Waals surface area contributed by atoms with Gasteiger partial charge in [-0.15, -0.1) is 0 Å². The van der Waals surface area contributed by atoms with Crippen molar-refractivity contribution < 1.29 is 9.18 Å². The first-order chi connectivity index (χ1) is 11.5. The van der Waals surface area contributed by atoms with Crippen molar-refractivity contribution in [2.45, 2.75) is 20.0 Å². The molecule has 2 heterocycles. The highest BCUT2D eigenvalue weighted by molar-refractivity contribution is 9.10. The smallest absolute Gasteiger partial charge is 0.260 e. The molecule has 0 spiro atoms. The van der Waals surface area contributed by atoms with E-state index in [1.807, 2.05) is 6.92 Å². The Morgan fingerprint density at radius 2 is 2.00 bits per heavy atom. The monoisotopic (exact) mass is 391 g/mol. The molecule has 0 unspecified atom stereocenters. The van der Waals surface area contributed by atoms with Crippen molar-refractivity contribution in [1.82, 2.24) is 19.6 Å². The van der Waals surface area contributed by atoms with Crippen LogP contribution in [-0.4, -0.2) is 25.5 Å². The highest BCUT2D eigenvalue weighted by Gasteiger charge is 2.13. The predicted octanol–water partition coefficient (Wildman–Crippen LogP) is 3.30. The minimum atomic E-state index is -0.277. The van der Waals surface area contributed by atoms with Crippen molar-refractivity contribution in [3.63, 3.8) is 0 Å². The summed E-state index contributed by atoms with van der Waals surface area (Å²) in [7, 11) is 0. The highest BCUT2D eigenvalue weighted by Crippen LogP contribution is 2.21. The maximum Gasteiger partial charge on any atom is 0.260 e. The number of hydrogen-bond donors (Lipinski definition) is 1. The number of halogens is 2. The summed E-state index contributed by atoms with van der Waals surface area (Å²) in [5.41, 5.74) is 1.38. The highest BCUT2D eigenvalue weighted by atomic mass is 79.9. The van der Waals surface area contributed by atoms with Crippen molar-refractivity contribution in [2.75, 3.05) is 5.32 Å². The van der Waals surface area contributed by atoms with Gasteiger partial charge in [0.25, 0.3) is 5.91 Å². The van der Waals surface area contributed by atoms with Crippen LogP contribution in [0.2, 0.25) is 0 Å². The molecule has 24 heavy (non-hydrogen) atoms. The zero-order chi connectivity index (χ0) is 17.1. The number of carbonyl (C=O) groups excluding carboxylic acids is 1. The van der Waals surface area contributed by atoms with Crippen LogP contribution >= 0.6 is 15.9 Å². The van der Waals surface area contributed by atoms with Crippen LogP contribution in [0.25, 0.3) is 0 Å². The summed E-state index contributed by atoms with van der Waals surface area (Å²) in [4.78, 5) is 12.2. The molecule has 2 aromatic heterocycles. The van der Waals surface area contributed by atoms with Gasteiger partial charge >= 0.3 is 0 Å². The van der Waals surface area contributed by atoms with Gasteiger partial charge in [-0.1, -0.05) is 12.1 Å². The zero-order valence-corrected chi connectivity index (χ0v) is 14.5. The molecule has 8 heteroatoms. The number of aryl methyl sites for hydroxylation is 1. The fourth-order valence-corrected chi connectivity index (χ4v) is 2.59. The summed E-state index contributed by atoms with van der Waals surface area (Å²) in [6, 6.07) is 6.20. The lowest BCUT2D eigenvalue weighted by molar-refractivity contribution is 0.102. The van der Waals surface area contributed by atoms with E-state index in [1.165, 1.54) is 18.3 Å².